The first-order valence-electron chi connectivity index (χ1n) is 9.01. The van der Waals surface area contributed by atoms with Gasteiger partial charge in [-0.25, -0.2) is 4.79 Å². The van der Waals surface area contributed by atoms with Crippen LogP contribution in [0.4, 0.5) is 16.2 Å². The minimum Gasteiger partial charge on any atom is -0.444 e. The third-order valence-electron chi connectivity index (χ3n) is 4.07. The van der Waals surface area contributed by atoms with Crippen LogP contribution in [0.5, 0.6) is 0 Å². The minimum absolute atomic E-state index is 0.245. The molecule has 0 saturated heterocycles. The third kappa shape index (κ3) is 4.76. The van der Waals surface area contributed by atoms with Crippen molar-refractivity contribution in [1.82, 2.24) is 4.57 Å². The molecule has 0 fully saturated rings. The van der Waals surface area contributed by atoms with Gasteiger partial charge in [-0.1, -0.05) is 24.3 Å². The quantitative estimate of drug-likeness (QED) is 0.446. The molecule has 0 saturated carbocycles. The maximum absolute atomic E-state index is 11.9. The molecular weight excluding hydrogens is 370 g/mol. The van der Waals surface area contributed by atoms with Crippen LogP contribution >= 0.6 is 0 Å². The number of carbonyl (C=O) groups excluding carboxylic acids is 2. The largest absolute Gasteiger partial charge is 0.444 e. The van der Waals surface area contributed by atoms with Crippen LogP contribution in [0.15, 0.2) is 66.0 Å². The lowest BCUT2D eigenvalue weighted by Crippen LogP contribution is -2.27. The number of benzene rings is 2. The Balaban J connectivity index is 1.86. The van der Waals surface area contributed by atoms with Crippen molar-refractivity contribution in [1.29, 1.82) is 0 Å². The van der Waals surface area contributed by atoms with Gasteiger partial charge in [-0.15, -0.1) is 4.91 Å². The summed E-state index contributed by atoms with van der Waals surface area (Å²) in [5.41, 5.74) is 2.81. The van der Waals surface area contributed by atoms with Crippen LogP contribution in [-0.4, -0.2) is 22.5 Å². The summed E-state index contributed by atoms with van der Waals surface area (Å²) in [6.45, 7) is 5.38. The molecule has 1 aromatic heterocycles. The molecule has 1 heterocycles. The highest BCUT2D eigenvalue weighted by molar-refractivity contribution is 5.86. The Bertz CT molecular complexity index is 1050. The van der Waals surface area contributed by atoms with Crippen molar-refractivity contribution < 1.29 is 14.3 Å². The molecule has 148 valence electrons. The van der Waals surface area contributed by atoms with E-state index in [0.29, 0.717) is 17.1 Å². The van der Waals surface area contributed by atoms with Gasteiger partial charge in [0.15, 0.2) is 6.29 Å². The SMILES string of the molecule is CC(C)(C)OC(=O)Nc1ccc(-c2cc(C=O)n(-c3ccccc3N=O)c2)cc1. The summed E-state index contributed by atoms with van der Waals surface area (Å²) in [6.07, 6.45) is 1.96. The van der Waals surface area contributed by atoms with E-state index < -0.39 is 11.7 Å². The van der Waals surface area contributed by atoms with E-state index in [1.165, 1.54) is 0 Å². The fourth-order valence-electron chi connectivity index (χ4n) is 2.85. The van der Waals surface area contributed by atoms with Crippen molar-refractivity contribution in [3.8, 4) is 16.8 Å². The Kier molecular flexibility index (Phi) is 5.59. The van der Waals surface area contributed by atoms with Crippen molar-refractivity contribution in [3.63, 3.8) is 0 Å². The van der Waals surface area contributed by atoms with Gasteiger partial charge in [0.05, 0.1) is 11.4 Å². The van der Waals surface area contributed by atoms with Gasteiger partial charge in [0, 0.05) is 17.4 Å². The molecule has 0 bridgehead atoms. The average molecular weight is 391 g/mol. The number of nitrogens with zero attached hydrogens (tertiary/aromatic N) is 2. The summed E-state index contributed by atoms with van der Waals surface area (Å²) in [5.74, 6) is 0. The Morgan fingerprint density at radius 3 is 2.38 bits per heavy atom. The zero-order valence-corrected chi connectivity index (χ0v) is 16.4. The Morgan fingerprint density at radius 2 is 1.76 bits per heavy atom. The highest BCUT2D eigenvalue weighted by Crippen LogP contribution is 2.29. The number of ether oxygens (including phenoxy) is 1. The van der Waals surface area contributed by atoms with Crippen molar-refractivity contribution in [2.75, 3.05) is 5.32 Å². The second-order valence-corrected chi connectivity index (χ2v) is 7.43. The molecule has 0 unspecified atom stereocenters. The second-order valence-electron chi connectivity index (χ2n) is 7.43. The molecule has 1 amide bonds. The number of rotatable bonds is 5. The first-order valence-corrected chi connectivity index (χ1v) is 9.01. The molecule has 0 aliphatic heterocycles. The summed E-state index contributed by atoms with van der Waals surface area (Å²) < 4.78 is 6.87. The van der Waals surface area contributed by atoms with Crippen LogP contribution in [-0.2, 0) is 4.74 Å². The van der Waals surface area contributed by atoms with Gasteiger partial charge in [-0.3, -0.25) is 10.1 Å². The highest BCUT2D eigenvalue weighted by atomic mass is 16.6. The van der Waals surface area contributed by atoms with Crippen LogP contribution in [0, 0.1) is 4.91 Å². The smallest absolute Gasteiger partial charge is 0.412 e. The predicted molar refractivity (Wildman–Crippen MR) is 112 cm³/mol. The topological polar surface area (TPSA) is 89.8 Å². The molecule has 3 aromatic rings. The molecule has 2 aromatic carbocycles. The van der Waals surface area contributed by atoms with Crippen LogP contribution in [0.1, 0.15) is 31.3 Å². The molecule has 29 heavy (non-hydrogen) atoms. The number of nitrogens with one attached hydrogen (secondary N) is 1. The van der Waals surface area contributed by atoms with E-state index >= 15 is 0 Å². The van der Waals surface area contributed by atoms with E-state index in [0.717, 1.165) is 17.4 Å². The number of aldehydes is 1. The van der Waals surface area contributed by atoms with E-state index in [9.17, 15) is 14.5 Å². The summed E-state index contributed by atoms with van der Waals surface area (Å²) in [4.78, 5) is 34.5. The number of hydrogen-bond donors (Lipinski definition) is 1. The van der Waals surface area contributed by atoms with Gasteiger partial charge in [0.25, 0.3) is 0 Å². The molecular formula is C22H21N3O4. The van der Waals surface area contributed by atoms with Gasteiger partial charge < -0.3 is 9.30 Å². The molecule has 0 aliphatic rings. The van der Waals surface area contributed by atoms with Gasteiger partial charge >= 0.3 is 6.09 Å². The molecule has 7 nitrogen and oxygen atoms in total. The zero-order chi connectivity index (χ0) is 21.0. The number of anilines is 1. The van der Waals surface area contributed by atoms with Gasteiger partial charge in [0.1, 0.15) is 11.3 Å². The maximum atomic E-state index is 11.9. The van der Waals surface area contributed by atoms with Crippen LogP contribution in [0.25, 0.3) is 16.8 Å². The van der Waals surface area contributed by atoms with Gasteiger partial charge in [0.2, 0.25) is 0 Å². The molecule has 3 rings (SSSR count). The number of aromatic nitrogens is 1. The molecule has 7 heteroatoms. The fraction of sp³-hybridized carbons (Fsp3) is 0.182. The Hall–Kier alpha value is -3.74. The standard InChI is InChI=1S/C22H21N3O4/c1-22(2,3)29-21(27)23-17-10-8-15(9-11-17)16-12-18(14-26)25(13-16)20-7-5-4-6-19(20)24-28/h4-14H,1-3H3,(H,23,27). The molecule has 0 spiro atoms. The molecule has 0 aliphatic carbocycles. The van der Waals surface area contributed by atoms with Crippen molar-refractivity contribution in [2.45, 2.75) is 26.4 Å². The Morgan fingerprint density at radius 1 is 1.07 bits per heavy atom. The molecule has 0 radical (unpaired) electrons. The zero-order valence-electron chi connectivity index (χ0n) is 16.4. The normalized spacial score (nSPS) is 11.0. The lowest BCUT2D eigenvalue weighted by atomic mass is 10.1. The minimum atomic E-state index is -0.579. The van der Waals surface area contributed by atoms with Crippen LogP contribution in [0.2, 0.25) is 0 Å². The Labute approximate surface area is 168 Å². The lowest BCUT2D eigenvalue weighted by Gasteiger charge is -2.19. The van der Waals surface area contributed by atoms with E-state index in [2.05, 4.69) is 10.5 Å². The molecule has 1 N–H and O–H groups in total. The van der Waals surface area contributed by atoms with Crippen molar-refractivity contribution in [2.24, 2.45) is 5.18 Å². The van der Waals surface area contributed by atoms with E-state index in [1.54, 1.807) is 74.0 Å². The second kappa shape index (κ2) is 8.10. The first-order chi connectivity index (χ1) is 13.8. The van der Waals surface area contributed by atoms with Crippen LogP contribution in [0.3, 0.4) is 0 Å². The third-order valence-corrected chi connectivity index (χ3v) is 4.07. The number of amides is 1. The number of hydrogen-bond acceptors (Lipinski definition) is 5. The van der Waals surface area contributed by atoms with E-state index in [1.807, 2.05) is 12.1 Å². The summed E-state index contributed by atoms with van der Waals surface area (Å²) >= 11 is 0. The first kappa shape index (κ1) is 20.0. The highest BCUT2D eigenvalue weighted by Gasteiger charge is 2.16. The van der Waals surface area contributed by atoms with Crippen molar-refractivity contribution >= 4 is 23.8 Å². The molecule has 0 atom stereocenters. The van der Waals surface area contributed by atoms with E-state index in [4.69, 9.17) is 4.74 Å². The lowest BCUT2D eigenvalue weighted by molar-refractivity contribution is 0.0636. The monoisotopic (exact) mass is 391 g/mol. The van der Waals surface area contributed by atoms with E-state index in [-0.39, 0.29) is 5.69 Å². The average Bonchev–Trinajstić information content (AvgIpc) is 3.11. The fourth-order valence-corrected chi connectivity index (χ4v) is 2.85. The number of para-hydroxylation sites is 1. The van der Waals surface area contributed by atoms with Gasteiger partial charge in [-0.2, -0.15) is 0 Å². The van der Waals surface area contributed by atoms with Crippen LogP contribution < -0.4 is 5.32 Å². The summed E-state index contributed by atoms with van der Waals surface area (Å²) in [5, 5.41) is 5.71. The van der Waals surface area contributed by atoms with Gasteiger partial charge in [-0.05, 0) is 61.8 Å². The number of nitroso groups, excluding NO2 is 1. The predicted octanol–water partition coefficient (Wildman–Crippen LogP) is 5.70. The summed E-state index contributed by atoms with van der Waals surface area (Å²) in [6, 6.07) is 15.7. The summed E-state index contributed by atoms with van der Waals surface area (Å²) in [7, 11) is 0. The maximum Gasteiger partial charge on any atom is 0.412 e. The number of carbonyl (C=O) groups is 2. The van der Waals surface area contributed by atoms with Crippen molar-refractivity contribution in [3.05, 3.63) is 71.4 Å².